The first kappa shape index (κ1) is 19.2. The Morgan fingerprint density at radius 2 is 1.75 bits per heavy atom. The number of morpholine rings is 1. The minimum absolute atomic E-state index is 0.0429. The number of fused-ring (bicyclic) bond motifs is 1. The normalized spacial score (nSPS) is 18.2. The van der Waals surface area contributed by atoms with Crippen molar-refractivity contribution < 1.29 is 27.5 Å². The number of rotatable bonds is 6. The molecule has 4 rings (SSSR count). The topological polar surface area (TPSA) is 78.3 Å². The maximum atomic E-state index is 12.8. The molecule has 0 radical (unpaired) electrons. The number of nitrogens with one attached hydrogen (secondary N) is 2. The van der Waals surface area contributed by atoms with E-state index in [2.05, 4.69) is 4.72 Å². The van der Waals surface area contributed by atoms with E-state index in [0.717, 1.165) is 30.0 Å². The van der Waals surface area contributed by atoms with Crippen molar-refractivity contribution in [2.45, 2.75) is 17.9 Å². The predicted octanol–water partition coefficient (Wildman–Crippen LogP) is 0.658. The molecule has 0 saturated carbocycles. The molecule has 0 spiro atoms. The molecule has 0 unspecified atom stereocenters. The van der Waals surface area contributed by atoms with Gasteiger partial charge in [0.25, 0.3) is 0 Å². The lowest BCUT2D eigenvalue weighted by molar-refractivity contribution is -0.937. The van der Waals surface area contributed by atoms with E-state index in [1.807, 2.05) is 25.1 Å². The molecule has 0 aliphatic carbocycles. The monoisotopic (exact) mass is 405 g/mol. The molecule has 1 atom stereocenters. The summed E-state index contributed by atoms with van der Waals surface area (Å²) in [6.07, 6.45) is 0. The molecule has 7 nitrogen and oxygen atoms in total. The lowest BCUT2D eigenvalue weighted by Gasteiger charge is -2.32. The van der Waals surface area contributed by atoms with Gasteiger partial charge in [-0.15, -0.1) is 0 Å². The Labute approximate surface area is 165 Å². The second kappa shape index (κ2) is 8.08. The molecular weight excluding hydrogens is 380 g/mol. The van der Waals surface area contributed by atoms with Gasteiger partial charge in [-0.05, 0) is 37.3 Å². The molecule has 0 aromatic heterocycles. The highest BCUT2D eigenvalue weighted by Crippen LogP contribution is 2.33. The molecule has 1 fully saturated rings. The maximum absolute atomic E-state index is 12.8. The first-order chi connectivity index (χ1) is 13.5. The third kappa shape index (κ3) is 4.15. The number of ether oxygens (including phenoxy) is 3. The maximum Gasteiger partial charge on any atom is 0.240 e. The van der Waals surface area contributed by atoms with Gasteiger partial charge in [0.15, 0.2) is 11.5 Å². The van der Waals surface area contributed by atoms with Crippen molar-refractivity contribution in [3.8, 4) is 11.5 Å². The van der Waals surface area contributed by atoms with E-state index in [1.54, 1.807) is 24.3 Å². The molecule has 2 aromatic carbocycles. The zero-order chi connectivity index (χ0) is 19.6. The Bertz CT molecular complexity index is 924. The summed E-state index contributed by atoms with van der Waals surface area (Å²) in [5, 5.41) is 0. The second-order valence-corrected chi connectivity index (χ2v) is 8.87. The van der Waals surface area contributed by atoms with E-state index in [0.29, 0.717) is 25.5 Å². The van der Waals surface area contributed by atoms with Gasteiger partial charge in [-0.25, -0.2) is 13.1 Å². The third-order valence-corrected chi connectivity index (χ3v) is 6.68. The van der Waals surface area contributed by atoms with Crippen LogP contribution in [0, 0.1) is 6.92 Å². The fourth-order valence-electron chi connectivity index (χ4n) is 3.60. The van der Waals surface area contributed by atoms with Crippen LogP contribution in [0.5, 0.6) is 11.5 Å². The third-order valence-electron chi connectivity index (χ3n) is 5.24. The van der Waals surface area contributed by atoms with Crippen molar-refractivity contribution in [1.82, 2.24) is 4.72 Å². The number of benzene rings is 2. The summed E-state index contributed by atoms with van der Waals surface area (Å²) in [6, 6.07) is 12.7. The second-order valence-electron chi connectivity index (χ2n) is 7.10. The van der Waals surface area contributed by atoms with Crippen LogP contribution in [0.25, 0.3) is 0 Å². The summed E-state index contributed by atoms with van der Waals surface area (Å²) in [4.78, 5) is 1.57. The van der Waals surface area contributed by atoms with E-state index in [-0.39, 0.29) is 17.7 Å². The van der Waals surface area contributed by atoms with Crippen molar-refractivity contribution in [3.63, 3.8) is 0 Å². The van der Waals surface area contributed by atoms with E-state index in [9.17, 15) is 8.42 Å². The average molecular weight is 405 g/mol. The van der Waals surface area contributed by atoms with Crippen molar-refractivity contribution in [1.29, 1.82) is 0 Å². The molecule has 2 aliphatic heterocycles. The molecule has 2 N–H and O–H groups in total. The molecule has 0 bridgehead atoms. The summed E-state index contributed by atoms with van der Waals surface area (Å²) in [7, 11) is -3.58. The van der Waals surface area contributed by atoms with Crippen LogP contribution < -0.4 is 19.1 Å². The van der Waals surface area contributed by atoms with Gasteiger partial charge in [0.05, 0.1) is 24.7 Å². The Balaban J connectivity index is 1.56. The summed E-state index contributed by atoms with van der Waals surface area (Å²) in [5.41, 5.74) is 2.04. The quantitative estimate of drug-likeness (QED) is 0.738. The van der Waals surface area contributed by atoms with Crippen molar-refractivity contribution >= 4 is 10.0 Å². The first-order valence-electron chi connectivity index (χ1n) is 9.41. The summed E-state index contributed by atoms with van der Waals surface area (Å²) < 4.78 is 44.7. The smallest absolute Gasteiger partial charge is 0.240 e. The van der Waals surface area contributed by atoms with Crippen LogP contribution in [0.2, 0.25) is 0 Å². The van der Waals surface area contributed by atoms with E-state index in [1.165, 1.54) is 4.90 Å². The lowest BCUT2D eigenvalue weighted by atomic mass is 10.0. The summed E-state index contributed by atoms with van der Waals surface area (Å²) >= 11 is 0. The molecule has 2 aromatic rings. The largest absolute Gasteiger partial charge is 0.454 e. The number of hydrogen-bond donors (Lipinski definition) is 2. The van der Waals surface area contributed by atoms with E-state index in [4.69, 9.17) is 14.2 Å². The fourth-order valence-corrected chi connectivity index (χ4v) is 4.65. The Hall–Kier alpha value is -2.13. The zero-order valence-electron chi connectivity index (χ0n) is 15.8. The highest BCUT2D eigenvalue weighted by atomic mass is 32.2. The highest BCUT2D eigenvalue weighted by Gasteiger charge is 2.29. The summed E-state index contributed by atoms with van der Waals surface area (Å²) in [6.45, 7) is 5.43. The van der Waals surface area contributed by atoms with Crippen molar-refractivity contribution in [2.75, 3.05) is 39.6 Å². The van der Waals surface area contributed by atoms with Crippen LogP contribution in [-0.4, -0.2) is 48.1 Å². The molecule has 150 valence electrons. The van der Waals surface area contributed by atoms with Gasteiger partial charge in [-0.2, -0.15) is 0 Å². The molecular formula is C20H25N2O5S+. The van der Waals surface area contributed by atoms with Gasteiger partial charge >= 0.3 is 0 Å². The predicted molar refractivity (Wildman–Crippen MR) is 103 cm³/mol. The molecule has 2 aliphatic rings. The molecule has 28 heavy (non-hydrogen) atoms. The van der Waals surface area contributed by atoms with Crippen LogP contribution >= 0.6 is 0 Å². The van der Waals surface area contributed by atoms with E-state index < -0.39 is 10.0 Å². The SMILES string of the molecule is Cc1ccc(S(=O)(=O)NC[C@H](c2ccc3c(c2)OCO3)[NH+]2CCOCC2)cc1. The van der Waals surface area contributed by atoms with Gasteiger partial charge in [0, 0.05) is 5.56 Å². The van der Waals surface area contributed by atoms with Gasteiger partial charge in [0.2, 0.25) is 16.8 Å². The van der Waals surface area contributed by atoms with Gasteiger partial charge in [-0.3, -0.25) is 0 Å². The molecule has 2 heterocycles. The van der Waals surface area contributed by atoms with Crippen molar-refractivity contribution in [3.05, 3.63) is 53.6 Å². The van der Waals surface area contributed by atoms with Crippen LogP contribution in [0.3, 0.4) is 0 Å². The van der Waals surface area contributed by atoms with Crippen molar-refractivity contribution in [2.24, 2.45) is 0 Å². The number of quaternary nitrogens is 1. The molecule has 8 heteroatoms. The fraction of sp³-hybridized carbons (Fsp3) is 0.400. The minimum Gasteiger partial charge on any atom is -0.454 e. The average Bonchev–Trinajstić information content (AvgIpc) is 3.17. The van der Waals surface area contributed by atoms with Gasteiger partial charge < -0.3 is 19.1 Å². The zero-order valence-corrected chi connectivity index (χ0v) is 16.6. The van der Waals surface area contributed by atoms with E-state index >= 15 is 0 Å². The lowest BCUT2D eigenvalue weighted by Crippen LogP contribution is -3.15. The summed E-state index contributed by atoms with van der Waals surface area (Å²) in [5.74, 6) is 1.43. The minimum atomic E-state index is -3.58. The van der Waals surface area contributed by atoms with Crippen LogP contribution in [0.4, 0.5) is 0 Å². The van der Waals surface area contributed by atoms with Gasteiger partial charge in [-0.1, -0.05) is 17.7 Å². The standard InChI is InChI=1S/C20H24N2O5S/c1-15-2-5-17(6-3-15)28(23,24)21-13-18(22-8-10-25-11-9-22)16-4-7-19-20(12-16)27-14-26-19/h2-7,12,18,21H,8-11,13-14H2,1H3/p+1/t18-/m1/s1. The molecule has 0 amide bonds. The van der Waals surface area contributed by atoms with Gasteiger partial charge in [0.1, 0.15) is 19.1 Å². The Morgan fingerprint density at radius 1 is 1.04 bits per heavy atom. The Kier molecular flexibility index (Phi) is 5.54. The van der Waals surface area contributed by atoms with Crippen LogP contribution in [0.15, 0.2) is 47.4 Å². The highest BCUT2D eigenvalue weighted by molar-refractivity contribution is 7.89. The van der Waals surface area contributed by atoms with Crippen LogP contribution in [0.1, 0.15) is 17.2 Å². The number of hydrogen-bond acceptors (Lipinski definition) is 5. The number of aryl methyl sites for hydroxylation is 1. The number of sulfonamides is 1. The van der Waals surface area contributed by atoms with Crippen LogP contribution in [-0.2, 0) is 14.8 Å². The Morgan fingerprint density at radius 3 is 2.50 bits per heavy atom. The first-order valence-corrected chi connectivity index (χ1v) is 10.9. The molecule has 1 saturated heterocycles.